The molecule has 1 aromatic rings. The van der Waals surface area contributed by atoms with Crippen molar-refractivity contribution in [2.24, 2.45) is 0 Å². The molecule has 0 heterocycles. The number of carbonyl (C=O) groups is 1. The van der Waals surface area contributed by atoms with Gasteiger partial charge in [-0.05, 0) is 57.1 Å². The van der Waals surface area contributed by atoms with Crippen LogP contribution >= 0.6 is 0 Å². The average molecular weight is 263 g/mol. The molecule has 0 amide bonds. The van der Waals surface area contributed by atoms with Gasteiger partial charge in [-0.15, -0.1) is 0 Å². The molecule has 19 heavy (non-hydrogen) atoms. The van der Waals surface area contributed by atoms with Crippen LogP contribution in [0.1, 0.15) is 42.3 Å². The first-order valence-corrected chi connectivity index (χ1v) is 6.96. The second-order valence-electron chi connectivity index (χ2n) is 4.87. The monoisotopic (exact) mass is 263 g/mol. The number of benzene rings is 1. The Morgan fingerprint density at radius 2 is 1.68 bits per heavy atom. The predicted octanol–water partition coefficient (Wildman–Crippen LogP) is 3.23. The Bertz CT molecular complexity index is 413. The highest BCUT2D eigenvalue weighted by atomic mass is 16.5. The molecule has 0 fully saturated rings. The Labute approximate surface area is 116 Å². The van der Waals surface area contributed by atoms with Crippen molar-refractivity contribution in [3.8, 4) is 5.75 Å². The number of ether oxygens (including phenoxy) is 1. The lowest BCUT2D eigenvalue weighted by molar-refractivity contribution is 0.101. The van der Waals surface area contributed by atoms with E-state index >= 15 is 0 Å². The zero-order chi connectivity index (χ0) is 14.4. The van der Waals surface area contributed by atoms with E-state index in [-0.39, 0.29) is 5.78 Å². The Hall–Kier alpha value is -1.35. The zero-order valence-electron chi connectivity index (χ0n) is 12.7. The number of rotatable bonds is 7. The van der Waals surface area contributed by atoms with Crippen molar-refractivity contribution in [3.05, 3.63) is 28.8 Å². The summed E-state index contributed by atoms with van der Waals surface area (Å²) < 4.78 is 5.88. The summed E-state index contributed by atoms with van der Waals surface area (Å²) >= 11 is 0. The summed E-state index contributed by atoms with van der Waals surface area (Å²) in [4.78, 5) is 13.7. The minimum absolute atomic E-state index is 0.0980. The number of Topliss-reactive ketones (excluding diaryl/α,β-unsaturated/α-hetero) is 1. The van der Waals surface area contributed by atoms with Crippen molar-refractivity contribution >= 4 is 5.78 Å². The van der Waals surface area contributed by atoms with Gasteiger partial charge in [0, 0.05) is 12.1 Å². The number of hydrogen-bond acceptors (Lipinski definition) is 3. The zero-order valence-corrected chi connectivity index (χ0v) is 12.7. The van der Waals surface area contributed by atoms with Gasteiger partial charge in [0.25, 0.3) is 0 Å². The molecule has 0 aliphatic heterocycles. The molecule has 0 atom stereocenters. The van der Waals surface area contributed by atoms with Crippen molar-refractivity contribution < 1.29 is 9.53 Å². The molecule has 0 aromatic heterocycles. The second-order valence-corrected chi connectivity index (χ2v) is 4.87. The van der Waals surface area contributed by atoms with Gasteiger partial charge in [0.05, 0.1) is 0 Å². The summed E-state index contributed by atoms with van der Waals surface area (Å²) in [6.45, 7) is 13.6. The number of nitrogens with zero attached hydrogens (tertiary/aromatic N) is 1. The van der Waals surface area contributed by atoms with Gasteiger partial charge in [-0.2, -0.15) is 0 Å². The summed E-state index contributed by atoms with van der Waals surface area (Å²) in [5.41, 5.74) is 2.82. The molecule has 0 unspecified atom stereocenters. The van der Waals surface area contributed by atoms with Crippen LogP contribution < -0.4 is 4.74 Å². The van der Waals surface area contributed by atoms with E-state index in [4.69, 9.17) is 4.74 Å². The Kier molecular flexibility index (Phi) is 6.03. The van der Waals surface area contributed by atoms with Crippen molar-refractivity contribution in [1.82, 2.24) is 4.90 Å². The summed E-state index contributed by atoms with van der Waals surface area (Å²) in [6.07, 6.45) is 0. The van der Waals surface area contributed by atoms with Crippen molar-refractivity contribution in [1.29, 1.82) is 0 Å². The average Bonchev–Trinajstić information content (AvgIpc) is 2.37. The van der Waals surface area contributed by atoms with Gasteiger partial charge in [0.2, 0.25) is 0 Å². The van der Waals surface area contributed by atoms with Crippen LogP contribution in [0.2, 0.25) is 0 Å². The molecule has 0 saturated heterocycles. The van der Waals surface area contributed by atoms with Crippen LogP contribution in [-0.2, 0) is 0 Å². The molecule has 106 valence electrons. The molecule has 0 spiro atoms. The highest BCUT2D eigenvalue weighted by molar-refractivity contribution is 5.94. The third-order valence-electron chi connectivity index (χ3n) is 3.42. The summed E-state index contributed by atoms with van der Waals surface area (Å²) in [6, 6.07) is 3.81. The molecule has 1 aromatic carbocycles. The smallest absolute Gasteiger partial charge is 0.159 e. The van der Waals surface area contributed by atoms with E-state index in [1.807, 2.05) is 26.0 Å². The van der Waals surface area contributed by atoms with Gasteiger partial charge in [-0.25, -0.2) is 0 Å². The Balaban J connectivity index is 2.71. The van der Waals surface area contributed by atoms with Gasteiger partial charge in [0.15, 0.2) is 5.78 Å². The van der Waals surface area contributed by atoms with E-state index < -0.39 is 0 Å². The van der Waals surface area contributed by atoms with Crippen LogP contribution in [0.3, 0.4) is 0 Å². The second kappa shape index (κ2) is 7.29. The lowest BCUT2D eigenvalue weighted by Crippen LogP contribution is -2.28. The first kappa shape index (κ1) is 15.7. The van der Waals surface area contributed by atoms with Crippen LogP contribution in [0.15, 0.2) is 12.1 Å². The minimum Gasteiger partial charge on any atom is -0.492 e. The third-order valence-corrected chi connectivity index (χ3v) is 3.42. The summed E-state index contributed by atoms with van der Waals surface area (Å²) in [7, 11) is 0. The molecule has 0 N–H and O–H groups in total. The fourth-order valence-corrected chi connectivity index (χ4v) is 2.20. The number of ketones is 1. The van der Waals surface area contributed by atoms with Crippen LogP contribution in [-0.4, -0.2) is 36.9 Å². The first-order chi connectivity index (χ1) is 8.99. The minimum atomic E-state index is 0.0980. The van der Waals surface area contributed by atoms with E-state index in [2.05, 4.69) is 18.7 Å². The van der Waals surface area contributed by atoms with Crippen LogP contribution in [0, 0.1) is 13.8 Å². The van der Waals surface area contributed by atoms with Gasteiger partial charge < -0.3 is 9.64 Å². The van der Waals surface area contributed by atoms with Crippen LogP contribution in [0.4, 0.5) is 0 Å². The van der Waals surface area contributed by atoms with Gasteiger partial charge in [0.1, 0.15) is 12.4 Å². The largest absolute Gasteiger partial charge is 0.492 e. The van der Waals surface area contributed by atoms with Crippen molar-refractivity contribution in [2.45, 2.75) is 34.6 Å². The normalized spacial score (nSPS) is 10.8. The molecule has 3 nitrogen and oxygen atoms in total. The van der Waals surface area contributed by atoms with Crippen molar-refractivity contribution in [2.75, 3.05) is 26.2 Å². The SMILES string of the molecule is CCN(CC)CCOc1c(C)cc(C(C)=O)cc1C. The van der Waals surface area contributed by atoms with E-state index in [0.29, 0.717) is 6.61 Å². The quantitative estimate of drug-likeness (QED) is 0.707. The number of hydrogen-bond donors (Lipinski definition) is 0. The topological polar surface area (TPSA) is 29.5 Å². The number of aryl methyl sites for hydroxylation is 2. The highest BCUT2D eigenvalue weighted by Gasteiger charge is 2.09. The molecule has 0 radical (unpaired) electrons. The first-order valence-electron chi connectivity index (χ1n) is 6.96. The molecule has 0 bridgehead atoms. The molecule has 0 aliphatic carbocycles. The van der Waals surface area contributed by atoms with E-state index in [0.717, 1.165) is 42.1 Å². The summed E-state index contributed by atoms with van der Waals surface area (Å²) in [5, 5.41) is 0. The molecule has 3 heteroatoms. The highest BCUT2D eigenvalue weighted by Crippen LogP contribution is 2.25. The lowest BCUT2D eigenvalue weighted by Gasteiger charge is -2.19. The van der Waals surface area contributed by atoms with Crippen molar-refractivity contribution in [3.63, 3.8) is 0 Å². The maximum Gasteiger partial charge on any atom is 0.159 e. The van der Waals surface area contributed by atoms with E-state index in [1.54, 1.807) is 6.92 Å². The van der Waals surface area contributed by atoms with Gasteiger partial charge in [-0.3, -0.25) is 4.79 Å². The number of carbonyl (C=O) groups excluding carboxylic acids is 1. The molecule has 1 rings (SSSR count). The van der Waals surface area contributed by atoms with Crippen LogP contribution in [0.25, 0.3) is 0 Å². The van der Waals surface area contributed by atoms with Crippen LogP contribution in [0.5, 0.6) is 5.75 Å². The van der Waals surface area contributed by atoms with Gasteiger partial charge in [-0.1, -0.05) is 13.8 Å². The Morgan fingerprint density at radius 1 is 1.16 bits per heavy atom. The lowest BCUT2D eigenvalue weighted by atomic mass is 10.0. The standard InChI is InChI=1S/C16H25NO2/c1-6-17(7-2)8-9-19-16-12(3)10-15(14(5)18)11-13(16)4/h10-11H,6-9H2,1-5H3. The fraction of sp³-hybridized carbons (Fsp3) is 0.562. The molecule has 0 saturated carbocycles. The molecular formula is C16H25NO2. The van der Waals surface area contributed by atoms with Gasteiger partial charge >= 0.3 is 0 Å². The van der Waals surface area contributed by atoms with E-state index in [1.165, 1.54) is 0 Å². The predicted molar refractivity (Wildman–Crippen MR) is 79.2 cm³/mol. The maximum absolute atomic E-state index is 11.4. The van der Waals surface area contributed by atoms with E-state index in [9.17, 15) is 4.79 Å². The third kappa shape index (κ3) is 4.35. The fourth-order valence-electron chi connectivity index (χ4n) is 2.20. The number of likely N-dealkylation sites (N-methyl/N-ethyl adjacent to an activating group) is 1. The molecular weight excluding hydrogens is 238 g/mol. The maximum atomic E-state index is 11.4. The Morgan fingerprint density at radius 3 is 2.11 bits per heavy atom. The molecule has 0 aliphatic rings. The summed E-state index contributed by atoms with van der Waals surface area (Å²) in [5.74, 6) is 1.01.